The van der Waals surface area contributed by atoms with Gasteiger partial charge in [0.15, 0.2) is 5.69 Å². The fraction of sp³-hybridized carbons (Fsp3) is 0.421. The number of rotatable bonds is 5. The van der Waals surface area contributed by atoms with Gasteiger partial charge in [-0.25, -0.2) is 0 Å². The van der Waals surface area contributed by atoms with Gasteiger partial charge in [0.25, 0.3) is 11.8 Å². The maximum absolute atomic E-state index is 12.4. The molecule has 2 amide bonds. The Kier molecular flexibility index (Phi) is 5.55. The van der Waals surface area contributed by atoms with E-state index < -0.39 is 0 Å². The van der Waals surface area contributed by atoms with E-state index in [0.29, 0.717) is 49.6 Å². The first kappa shape index (κ1) is 18.0. The molecule has 0 bridgehead atoms. The monoisotopic (exact) mass is 357 g/mol. The molecular weight excluding hydrogens is 334 g/mol. The van der Waals surface area contributed by atoms with Crippen LogP contribution in [0, 0.1) is 6.92 Å². The minimum atomic E-state index is -0.127. The predicted octanol–water partition coefficient (Wildman–Crippen LogP) is 2.42. The summed E-state index contributed by atoms with van der Waals surface area (Å²) in [7, 11) is 0. The van der Waals surface area contributed by atoms with Crippen LogP contribution < -0.4 is 10.1 Å². The van der Waals surface area contributed by atoms with Crippen LogP contribution in [0.3, 0.4) is 0 Å². The predicted molar refractivity (Wildman–Crippen MR) is 95.2 cm³/mol. The van der Waals surface area contributed by atoms with Gasteiger partial charge in [0.05, 0.1) is 6.61 Å². The molecule has 1 aromatic carbocycles. The van der Waals surface area contributed by atoms with Gasteiger partial charge in [-0.1, -0.05) is 5.16 Å². The molecule has 7 nitrogen and oxygen atoms in total. The molecule has 26 heavy (non-hydrogen) atoms. The summed E-state index contributed by atoms with van der Waals surface area (Å²) in [6.07, 6.45) is 1.43. The number of amides is 2. The van der Waals surface area contributed by atoms with Gasteiger partial charge in [-0.15, -0.1) is 0 Å². The van der Waals surface area contributed by atoms with Crippen LogP contribution in [0.5, 0.6) is 5.75 Å². The van der Waals surface area contributed by atoms with E-state index in [1.807, 2.05) is 6.92 Å². The molecule has 0 aliphatic carbocycles. The highest BCUT2D eigenvalue weighted by Gasteiger charge is 2.26. The molecule has 0 spiro atoms. The normalized spacial score (nSPS) is 14.9. The van der Waals surface area contributed by atoms with Gasteiger partial charge in [0.2, 0.25) is 0 Å². The van der Waals surface area contributed by atoms with Gasteiger partial charge in [-0.05, 0) is 51.0 Å². The van der Waals surface area contributed by atoms with Gasteiger partial charge < -0.3 is 19.5 Å². The van der Waals surface area contributed by atoms with Crippen molar-refractivity contribution in [3.8, 4) is 5.75 Å². The van der Waals surface area contributed by atoms with Crippen molar-refractivity contribution in [2.45, 2.75) is 32.7 Å². The molecule has 2 aromatic rings. The van der Waals surface area contributed by atoms with Crippen molar-refractivity contribution in [1.82, 2.24) is 15.4 Å². The summed E-state index contributed by atoms with van der Waals surface area (Å²) < 4.78 is 10.3. The largest absolute Gasteiger partial charge is 0.494 e. The van der Waals surface area contributed by atoms with Crippen LogP contribution in [0.15, 0.2) is 34.9 Å². The summed E-state index contributed by atoms with van der Waals surface area (Å²) in [4.78, 5) is 26.5. The molecule has 138 valence electrons. The third-order valence-corrected chi connectivity index (χ3v) is 4.39. The third kappa shape index (κ3) is 4.22. The quantitative estimate of drug-likeness (QED) is 0.888. The lowest BCUT2D eigenvalue weighted by Crippen LogP contribution is -2.46. The van der Waals surface area contributed by atoms with E-state index >= 15 is 0 Å². The van der Waals surface area contributed by atoms with Gasteiger partial charge in [-0.3, -0.25) is 9.59 Å². The van der Waals surface area contributed by atoms with Crippen molar-refractivity contribution in [3.05, 3.63) is 47.3 Å². The number of hydrogen-bond donors (Lipinski definition) is 1. The van der Waals surface area contributed by atoms with Crippen molar-refractivity contribution in [3.63, 3.8) is 0 Å². The van der Waals surface area contributed by atoms with Crippen LogP contribution in [0.4, 0.5) is 0 Å². The maximum atomic E-state index is 12.4. The average Bonchev–Trinajstić information content (AvgIpc) is 3.09. The summed E-state index contributed by atoms with van der Waals surface area (Å²) in [5, 5.41) is 6.81. The number of carbonyl (C=O) groups excluding carboxylic acids is 2. The molecule has 1 N–H and O–H groups in total. The molecule has 0 saturated carbocycles. The molecule has 7 heteroatoms. The van der Waals surface area contributed by atoms with Crippen molar-refractivity contribution in [2.75, 3.05) is 19.7 Å². The Morgan fingerprint density at radius 3 is 2.54 bits per heavy atom. The number of aryl methyl sites for hydroxylation is 1. The van der Waals surface area contributed by atoms with Crippen LogP contribution in [0.1, 0.15) is 46.4 Å². The number of nitrogens with one attached hydrogen (secondary N) is 1. The lowest BCUT2D eigenvalue weighted by Gasteiger charge is -2.31. The SMILES string of the molecule is CCOc1ccc(C(=O)NC2CCN(C(=O)c3cc(C)on3)CC2)cc1. The topological polar surface area (TPSA) is 84.7 Å². The molecule has 1 saturated heterocycles. The number of carbonyl (C=O) groups is 2. The second-order valence-corrected chi connectivity index (χ2v) is 6.32. The van der Waals surface area contributed by atoms with Gasteiger partial charge in [0.1, 0.15) is 11.5 Å². The molecule has 3 rings (SSSR count). The summed E-state index contributed by atoms with van der Waals surface area (Å²) >= 11 is 0. The fourth-order valence-corrected chi connectivity index (χ4v) is 2.99. The first-order valence-electron chi connectivity index (χ1n) is 8.83. The van der Waals surface area contributed by atoms with E-state index in [-0.39, 0.29) is 17.9 Å². The number of hydrogen-bond acceptors (Lipinski definition) is 5. The van der Waals surface area contributed by atoms with E-state index in [1.165, 1.54) is 0 Å². The highest BCUT2D eigenvalue weighted by Crippen LogP contribution is 2.16. The molecule has 0 unspecified atom stereocenters. The highest BCUT2D eigenvalue weighted by molar-refractivity contribution is 5.94. The molecule has 1 aromatic heterocycles. The molecule has 1 fully saturated rings. The Morgan fingerprint density at radius 1 is 1.27 bits per heavy atom. The van der Waals surface area contributed by atoms with Crippen molar-refractivity contribution in [1.29, 1.82) is 0 Å². The first-order valence-corrected chi connectivity index (χ1v) is 8.83. The van der Waals surface area contributed by atoms with E-state index in [9.17, 15) is 9.59 Å². The Bertz CT molecular complexity index is 761. The Labute approximate surface area is 152 Å². The van der Waals surface area contributed by atoms with Crippen molar-refractivity contribution >= 4 is 11.8 Å². The fourth-order valence-electron chi connectivity index (χ4n) is 2.99. The van der Waals surface area contributed by atoms with Crippen LogP contribution in [-0.4, -0.2) is 47.6 Å². The van der Waals surface area contributed by atoms with Gasteiger partial charge in [0, 0.05) is 30.8 Å². The zero-order valence-electron chi connectivity index (χ0n) is 15.0. The molecule has 1 aliphatic rings. The van der Waals surface area contributed by atoms with Crippen molar-refractivity contribution < 1.29 is 18.8 Å². The van der Waals surface area contributed by atoms with Crippen LogP contribution in [0.25, 0.3) is 0 Å². The molecule has 1 aliphatic heterocycles. The van der Waals surface area contributed by atoms with E-state index in [4.69, 9.17) is 9.26 Å². The standard InChI is InChI=1S/C19H23N3O4/c1-3-25-16-6-4-14(5-7-16)18(23)20-15-8-10-22(11-9-15)19(24)17-12-13(2)26-21-17/h4-7,12,15H,3,8-11H2,1-2H3,(H,20,23). The Morgan fingerprint density at radius 2 is 1.96 bits per heavy atom. The Hall–Kier alpha value is -2.83. The number of benzene rings is 1. The van der Waals surface area contributed by atoms with Crippen LogP contribution in [0.2, 0.25) is 0 Å². The summed E-state index contributed by atoms with van der Waals surface area (Å²) in [6, 6.07) is 8.79. The average molecular weight is 357 g/mol. The van der Waals surface area contributed by atoms with E-state index in [1.54, 1.807) is 42.2 Å². The second kappa shape index (κ2) is 8.03. The van der Waals surface area contributed by atoms with Crippen LogP contribution in [-0.2, 0) is 0 Å². The van der Waals surface area contributed by atoms with Crippen molar-refractivity contribution in [2.24, 2.45) is 0 Å². The van der Waals surface area contributed by atoms with Crippen LogP contribution >= 0.6 is 0 Å². The number of nitrogens with zero attached hydrogens (tertiary/aromatic N) is 2. The summed E-state index contributed by atoms with van der Waals surface area (Å²) in [5.41, 5.74) is 0.935. The van der Waals surface area contributed by atoms with Gasteiger partial charge in [-0.2, -0.15) is 0 Å². The summed E-state index contributed by atoms with van der Waals surface area (Å²) in [5.74, 6) is 1.13. The first-order chi connectivity index (χ1) is 12.6. The lowest BCUT2D eigenvalue weighted by atomic mass is 10.0. The highest BCUT2D eigenvalue weighted by atomic mass is 16.5. The smallest absolute Gasteiger partial charge is 0.276 e. The second-order valence-electron chi connectivity index (χ2n) is 6.32. The summed E-state index contributed by atoms with van der Waals surface area (Å²) in [6.45, 7) is 5.43. The zero-order valence-corrected chi connectivity index (χ0v) is 15.0. The number of ether oxygens (including phenoxy) is 1. The molecule has 2 heterocycles. The molecule has 0 atom stereocenters. The zero-order chi connectivity index (χ0) is 18.5. The minimum absolute atomic E-state index is 0.0529. The van der Waals surface area contributed by atoms with Gasteiger partial charge >= 0.3 is 0 Å². The number of likely N-dealkylation sites (tertiary alicyclic amines) is 1. The maximum Gasteiger partial charge on any atom is 0.276 e. The third-order valence-electron chi connectivity index (χ3n) is 4.39. The number of piperidine rings is 1. The molecule has 0 radical (unpaired) electrons. The Balaban J connectivity index is 1.50. The molecular formula is C19H23N3O4. The van der Waals surface area contributed by atoms with E-state index in [0.717, 1.165) is 5.75 Å². The number of aromatic nitrogens is 1. The lowest BCUT2D eigenvalue weighted by molar-refractivity contribution is 0.0688. The van der Waals surface area contributed by atoms with E-state index in [2.05, 4.69) is 10.5 Å². The minimum Gasteiger partial charge on any atom is -0.494 e.